The predicted molar refractivity (Wildman–Crippen MR) is 126 cm³/mol. The Morgan fingerprint density at radius 2 is 1.13 bits per heavy atom. The van der Waals surface area contributed by atoms with Crippen LogP contribution in [0.2, 0.25) is 0 Å². The maximum absolute atomic E-state index is 5.78. The van der Waals surface area contributed by atoms with Gasteiger partial charge in [-0.3, -0.25) is 0 Å². The van der Waals surface area contributed by atoms with Crippen LogP contribution in [0.3, 0.4) is 0 Å². The highest BCUT2D eigenvalue weighted by molar-refractivity contribution is 9.09. The first-order chi connectivity index (χ1) is 14.6. The standard InChI is InChI=1S/C25H35BrO4/c1-4-15-27-17-18-28-19-20-30-24-12-8-22(9-13-24)25(2,3)21-6-10-23(11-7-21)29-16-5-14-26/h6-13H,4-5,14-20H2,1-3H3. The zero-order valence-corrected chi connectivity index (χ0v) is 20.1. The summed E-state index contributed by atoms with van der Waals surface area (Å²) in [5.41, 5.74) is 2.39. The van der Waals surface area contributed by atoms with Crippen molar-refractivity contribution in [3.8, 4) is 11.5 Å². The van der Waals surface area contributed by atoms with Gasteiger partial charge in [0.25, 0.3) is 0 Å². The van der Waals surface area contributed by atoms with E-state index in [0.717, 1.165) is 42.9 Å². The second-order valence-corrected chi connectivity index (χ2v) is 8.43. The van der Waals surface area contributed by atoms with Gasteiger partial charge in [-0.05, 0) is 48.2 Å². The first-order valence-corrected chi connectivity index (χ1v) is 11.9. The summed E-state index contributed by atoms with van der Waals surface area (Å²) in [5, 5.41) is 0.957. The van der Waals surface area contributed by atoms with E-state index in [1.807, 2.05) is 12.1 Å². The molecule has 0 heterocycles. The maximum atomic E-state index is 5.78. The van der Waals surface area contributed by atoms with E-state index >= 15 is 0 Å². The summed E-state index contributed by atoms with van der Waals surface area (Å²) >= 11 is 3.42. The third-order valence-electron chi connectivity index (χ3n) is 4.92. The van der Waals surface area contributed by atoms with Gasteiger partial charge in [0.15, 0.2) is 0 Å². The van der Waals surface area contributed by atoms with Crippen LogP contribution in [0.5, 0.6) is 11.5 Å². The Hall–Kier alpha value is -1.56. The minimum Gasteiger partial charge on any atom is -0.494 e. The second kappa shape index (κ2) is 13.7. The van der Waals surface area contributed by atoms with Gasteiger partial charge in [0.05, 0.1) is 26.4 Å². The van der Waals surface area contributed by atoms with Crippen LogP contribution in [0.15, 0.2) is 48.5 Å². The minimum absolute atomic E-state index is 0.103. The highest BCUT2D eigenvalue weighted by Gasteiger charge is 2.23. The van der Waals surface area contributed by atoms with Crippen LogP contribution in [-0.2, 0) is 14.9 Å². The summed E-state index contributed by atoms with van der Waals surface area (Å²) in [5.74, 6) is 1.77. The van der Waals surface area contributed by atoms with E-state index in [4.69, 9.17) is 18.9 Å². The molecule has 0 saturated carbocycles. The van der Waals surface area contributed by atoms with Crippen molar-refractivity contribution in [3.63, 3.8) is 0 Å². The third-order valence-corrected chi connectivity index (χ3v) is 5.48. The number of hydrogen-bond acceptors (Lipinski definition) is 4. The minimum atomic E-state index is -0.103. The number of ether oxygens (including phenoxy) is 4. The summed E-state index contributed by atoms with van der Waals surface area (Å²) < 4.78 is 22.4. The highest BCUT2D eigenvalue weighted by Crippen LogP contribution is 2.33. The van der Waals surface area contributed by atoms with Crippen molar-refractivity contribution in [2.24, 2.45) is 0 Å². The van der Waals surface area contributed by atoms with Gasteiger partial charge in [0, 0.05) is 17.4 Å². The van der Waals surface area contributed by atoms with Gasteiger partial charge in [-0.25, -0.2) is 0 Å². The molecule has 0 aliphatic carbocycles. The Morgan fingerprint density at radius 3 is 1.63 bits per heavy atom. The van der Waals surface area contributed by atoms with Crippen molar-refractivity contribution in [1.82, 2.24) is 0 Å². The van der Waals surface area contributed by atoms with E-state index in [9.17, 15) is 0 Å². The molecule has 0 unspecified atom stereocenters. The predicted octanol–water partition coefficient (Wildman–Crippen LogP) is 6.00. The zero-order chi connectivity index (χ0) is 21.7. The smallest absolute Gasteiger partial charge is 0.119 e. The van der Waals surface area contributed by atoms with E-state index in [0.29, 0.717) is 26.4 Å². The van der Waals surface area contributed by atoms with Crippen LogP contribution < -0.4 is 9.47 Å². The van der Waals surface area contributed by atoms with Crippen molar-refractivity contribution in [1.29, 1.82) is 0 Å². The molecular weight excluding hydrogens is 444 g/mol. The van der Waals surface area contributed by atoms with Crippen molar-refractivity contribution in [2.45, 2.75) is 39.0 Å². The van der Waals surface area contributed by atoms with Crippen LogP contribution in [0.25, 0.3) is 0 Å². The summed E-state index contributed by atoms with van der Waals surface area (Å²) in [6, 6.07) is 16.7. The third kappa shape index (κ3) is 8.29. The van der Waals surface area contributed by atoms with E-state index in [-0.39, 0.29) is 5.41 Å². The molecule has 2 aromatic carbocycles. The van der Waals surface area contributed by atoms with Gasteiger partial charge in [0.2, 0.25) is 0 Å². The molecule has 0 aliphatic rings. The lowest BCUT2D eigenvalue weighted by Gasteiger charge is -2.26. The number of alkyl halides is 1. The lowest BCUT2D eigenvalue weighted by Crippen LogP contribution is -2.18. The Labute approximate surface area is 190 Å². The summed E-state index contributed by atoms with van der Waals surface area (Å²) in [7, 11) is 0. The maximum Gasteiger partial charge on any atom is 0.119 e. The second-order valence-electron chi connectivity index (χ2n) is 7.64. The fourth-order valence-corrected chi connectivity index (χ4v) is 3.26. The van der Waals surface area contributed by atoms with Gasteiger partial charge >= 0.3 is 0 Å². The normalized spacial score (nSPS) is 11.5. The molecule has 166 valence electrons. The molecule has 0 bridgehead atoms. The molecule has 2 aromatic rings. The Balaban J connectivity index is 1.81. The van der Waals surface area contributed by atoms with Crippen LogP contribution in [-0.4, -0.2) is 45.0 Å². The van der Waals surface area contributed by atoms with Crippen molar-refractivity contribution >= 4 is 15.9 Å². The summed E-state index contributed by atoms with van der Waals surface area (Å²) in [6.07, 6.45) is 2.04. The van der Waals surface area contributed by atoms with E-state index in [1.165, 1.54) is 11.1 Å². The molecule has 2 rings (SSSR count). The Kier molecular flexibility index (Phi) is 11.3. The summed E-state index contributed by atoms with van der Waals surface area (Å²) in [4.78, 5) is 0. The lowest BCUT2D eigenvalue weighted by atomic mass is 9.78. The van der Waals surface area contributed by atoms with Crippen molar-refractivity contribution < 1.29 is 18.9 Å². The van der Waals surface area contributed by atoms with Gasteiger partial charge in [-0.2, -0.15) is 0 Å². The fourth-order valence-electron chi connectivity index (χ4n) is 3.03. The van der Waals surface area contributed by atoms with E-state index in [1.54, 1.807) is 0 Å². The molecule has 0 spiro atoms. The molecule has 0 N–H and O–H groups in total. The quantitative estimate of drug-likeness (QED) is 0.232. The molecular formula is C25H35BrO4. The van der Waals surface area contributed by atoms with Gasteiger partial charge in [0.1, 0.15) is 18.1 Å². The Morgan fingerprint density at radius 1 is 0.667 bits per heavy atom. The largest absolute Gasteiger partial charge is 0.494 e. The molecule has 0 atom stereocenters. The molecule has 30 heavy (non-hydrogen) atoms. The molecule has 0 fully saturated rings. The van der Waals surface area contributed by atoms with E-state index in [2.05, 4.69) is 73.1 Å². The fraction of sp³-hybridized carbons (Fsp3) is 0.520. The SMILES string of the molecule is CCCOCCOCCOc1ccc(C(C)(C)c2ccc(OCCCBr)cc2)cc1. The van der Waals surface area contributed by atoms with Crippen LogP contribution >= 0.6 is 15.9 Å². The highest BCUT2D eigenvalue weighted by atomic mass is 79.9. The molecule has 0 amide bonds. The number of rotatable bonds is 15. The average Bonchev–Trinajstić information content (AvgIpc) is 2.76. The molecule has 0 radical (unpaired) electrons. The van der Waals surface area contributed by atoms with Gasteiger partial charge < -0.3 is 18.9 Å². The van der Waals surface area contributed by atoms with Crippen molar-refractivity contribution in [3.05, 3.63) is 59.7 Å². The van der Waals surface area contributed by atoms with Crippen LogP contribution in [0.1, 0.15) is 44.7 Å². The Bertz CT molecular complexity index is 698. The van der Waals surface area contributed by atoms with Crippen molar-refractivity contribution in [2.75, 3.05) is 45.0 Å². The van der Waals surface area contributed by atoms with Gasteiger partial charge in [-0.15, -0.1) is 0 Å². The first-order valence-electron chi connectivity index (χ1n) is 10.8. The number of hydrogen-bond donors (Lipinski definition) is 0. The monoisotopic (exact) mass is 478 g/mol. The molecule has 5 heteroatoms. The molecule has 4 nitrogen and oxygen atoms in total. The number of halogens is 1. The summed E-state index contributed by atoms with van der Waals surface area (Å²) in [6.45, 7) is 10.4. The topological polar surface area (TPSA) is 36.9 Å². The zero-order valence-electron chi connectivity index (χ0n) is 18.5. The average molecular weight is 479 g/mol. The van der Waals surface area contributed by atoms with E-state index < -0.39 is 0 Å². The first kappa shape index (κ1) is 24.7. The molecule has 0 aromatic heterocycles. The lowest BCUT2D eigenvalue weighted by molar-refractivity contribution is 0.0366. The van der Waals surface area contributed by atoms with Crippen LogP contribution in [0, 0.1) is 0 Å². The van der Waals surface area contributed by atoms with Crippen LogP contribution in [0.4, 0.5) is 0 Å². The number of benzene rings is 2. The molecule has 0 aliphatic heterocycles. The molecule has 0 saturated heterocycles. The van der Waals surface area contributed by atoms with Gasteiger partial charge in [-0.1, -0.05) is 61.0 Å².